The third kappa shape index (κ3) is 1.46. The lowest BCUT2D eigenvalue weighted by Gasteiger charge is -2.49. The van der Waals surface area contributed by atoms with Gasteiger partial charge in [-0.3, -0.25) is 10.1 Å². The van der Waals surface area contributed by atoms with Gasteiger partial charge in [0.15, 0.2) is 0 Å². The molecule has 1 aromatic rings. The van der Waals surface area contributed by atoms with Crippen molar-refractivity contribution in [1.29, 1.82) is 0 Å². The van der Waals surface area contributed by atoms with E-state index in [0.717, 1.165) is 25.3 Å². The Morgan fingerprint density at radius 3 is 2.94 bits per heavy atom. The maximum absolute atomic E-state index is 11.8. The van der Waals surface area contributed by atoms with Crippen molar-refractivity contribution in [2.75, 3.05) is 13.1 Å². The molecule has 16 heavy (non-hydrogen) atoms. The Bertz CT molecular complexity index is 393. The molecule has 2 aliphatic heterocycles. The van der Waals surface area contributed by atoms with Crippen LogP contribution in [-0.4, -0.2) is 36.2 Å². The Hall–Kier alpha value is -1.55. The molecule has 1 unspecified atom stereocenters. The third-order valence-electron chi connectivity index (χ3n) is 3.08. The van der Waals surface area contributed by atoms with Crippen molar-refractivity contribution in [2.24, 2.45) is 0 Å². The molecule has 2 saturated heterocycles. The number of carbonyl (C=O) groups excluding carboxylic acids is 1. The van der Waals surface area contributed by atoms with Crippen molar-refractivity contribution in [3.05, 3.63) is 30.3 Å². The van der Waals surface area contributed by atoms with Gasteiger partial charge in [-0.05, 0) is 25.1 Å². The van der Waals surface area contributed by atoms with Crippen LogP contribution < -0.4 is 10.1 Å². The molecule has 3 rings (SSSR count). The van der Waals surface area contributed by atoms with Crippen LogP contribution in [0.1, 0.15) is 6.42 Å². The Balaban J connectivity index is 1.70. The van der Waals surface area contributed by atoms with E-state index < -0.39 is 0 Å². The van der Waals surface area contributed by atoms with Crippen LogP contribution in [0.5, 0.6) is 5.75 Å². The monoisotopic (exact) mass is 218 g/mol. The zero-order chi connectivity index (χ0) is 11.0. The first kappa shape index (κ1) is 9.66. The van der Waals surface area contributed by atoms with Gasteiger partial charge >= 0.3 is 0 Å². The predicted octanol–water partition coefficient (Wildman–Crippen LogP) is 0.596. The largest absolute Gasteiger partial charge is 0.477 e. The summed E-state index contributed by atoms with van der Waals surface area (Å²) in [6, 6.07) is 9.49. The van der Waals surface area contributed by atoms with E-state index >= 15 is 0 Å². The first-order valence-electron chi connectivity index (χ1n) is 5.62. The summed E-state index contributed by atoms with van der Waals surface area (Å²) in [6.07, 6.45) is 0.754. The van der Waals surface area contributed by atoms with Gasteiger partial charge in [-0.1, -0.05) is 18.2 Å². The number of ether oxygens (including phenoxy) is 1. The lowest BCUT2D eigenvalue weighted by molar-refractivity contribution is -0.168. The molecule has 2 fully saturated rings. The number of hydrogen-bond acceptors (Lipinski definition) is 3. The van der Waals surface area contributed by atoms with Crippen molar-refractivity contribution < 1.29 is 9.53 Å². The van der Waals surface area contributed by atoms with Crippen molar-refractivity contribution in [1.82, 2.24) is 10.2 Å². The van der Waals surface area contributed by atoms with E-state index in [9.17, 15) is 4.79 Å². The second kappa shape index (κ2) is 3.79. The molecule has 2 heterocycles. The third-order valence-corrected chi connectivity index (χ3v) is 3.08. The first-order chi connectivity index (χ1) is 7.86. The van der Waals surface area contributed by atoms with Crippen LogP contribution in [0, 0.1) is 0 Å². The molecule has 4 nitrogen and oxygen atoms in total. The quantitative estimate of drug-likeness (QED) is 0.739. The summed E-state index contributed by atoms with van der Waals surface area (Å²) in [5, 5.41) is 3.30. The summed E-state index contributed by atoms with van der Waals surface area (Å²) in [4.78, 5) is 13.6. The van der Waals surface area contributed by atoms with Crippen molar-refractivity contribution in [2.45, 2.75) is 18.7 Å². The molecule has 0 aliphatic carbocycles. The molecule has 4 heteroatoms. The van der Waals surface area contributed by atoms with Gasteiger partial charge in [0.1, 0.15) is 11.9 Å². The minimum atomic E-state index is -0.345. The maximum atomic E-state index is 11.8. The van der Waals surface area contributed by atoms with Crippen LogP contribution in [-0.2, 0) is 4.79 Å². The molecule has 2 aliphatic rings. The minimum Gasteiger partial charge on any atom is -0.477 e. The van der Waals surface area contributed by atoms with Gasteiger partial charge in [-0.2, -0.15) is 0 Å². The zero-order valence-corrected chi connectivity index (χ0v) is 8.93. The van der Waals surface area contributed by atoms with Gasteiger partial charge in [0.2, 0.25) is 6.10 Å². The number of nitrogens with one attached hydrogen (secondary N) is 1. The highest BCUT2D eigenvalue weighted by atomic mass is 16.5. The van der Waals surface area contributed by atoms with Gasteiger partial charge < -0.3 is 9.64 Å². The Labute approximate surface area is 94.2 Å². The predicted molar refractivity (Wildman–Crippen MR) is 59.0 cm³/mol. The van der Waals surface area contributed by atoms with Crippen LogP contribution in [0.25, 0.3) is 0 Å². The van der Waals surface area contributed by atoms with Crippen LogP contribution >= 0.6 is 0 Å². The fraction of sp³-hybridized carbons (Fsp3) is 0.417. The number of rotatable bonds is 2. The average molecular weight is 218 g/mol. The van der Waals surface area contributed by atoms with Crippen molar-refractivity contribution in [3.63, 3.8) is 0 Å². The summed E-state index contributed by atoms with van der Waals surface area (Å²) in [6.45, 7) is 1.81. The Kier molecular flexibility index (Phi) is 2.29. The molecular weight excluding hydrogens is 204 g/mol. The van der Waals surface area contributed by atoms with Crippen molar-refractivity contribution in [3.8, 4) is 5.75 Å². The first-order valence-corrected chi connectivity index (χ1v) is 5.62. The van der Waals surface area contributed by atoms with Gasteiger partial charge in [0.05, 0.1) is 0 Å². The van der Waals surface area contributed by atoms with Gasteiger partial charge in [-0.25, -0.2) is 0 Å². The molecule has 0 radical (unpaired) electrons. The van der Waals surface area contributed by atoms with Gasteiger partial charge in [-0.15, -0.1) is 0 Å². The molecule has 0 bridgehead atoms. The lowest BCUT2D eigenvalue weighted by Crippen LogP contribution is -2.74. The molecule has 1 amide bonds. The number of benzene rings is 1. The number of carbonyl (C=O) groups is 1. The van der Waals surface area contributed by atoms with Gasteiger partial charge in [0, 0.05) is 6.54 Å². The normalized spacial score (nSPS) is 28.2. The van der Waals surface area contributed by atoms with Crippen molar-refractivity contribution >= 4 is 5.91 Å². The number of β-lactam (4-membered cyclic amide) rings is 1. The Morgan fingerprint density at radius 1 is 1.31 bits per heavy atom. The number of nitrogens with zero attached hydrogens (tertiary/aromatic N) is 1. The summed E-state index contributed by atoms with van der Waals surface area (Å²) < 4.78 is 5.68. The molecule has 1 aromatic carbocycles. The SMILES string of the molecule is O=C1C(Oc2ccccc2)[C@H]2NCCCN12. The molecule has 1 N–H and O–H groups in total. The standard InChI is InChI=1S/C12H14N2O2/c15-12-10(11-13-7-4-8-14(11)12)16-9-5-2-1-3-6-9/h1-3,5-6,10-11,13H,4,7-8H2/t10?,11-/m0/s1. The van der Waals surface area contributed by atoms with E-state index in [4.69, 9.17) is 4.74 Å². The second-order valence-electron chi connectivity index (χ2n) is 4.14. The molecular formula is C12H14N2O2. The molecule has 84 valence electrons. The van der Waals surface area contributed by atoms with Gasteiger partial charge in [0.25, 0.3) is 5.91 Å². The summed E-state index contributed by atoms with van der Waals surface area (Å²) in [5.74, 6) is 0.855. The van der Waals surface area contributed by atoms with E-state index in [1.807, 2.05) is 35.2 Å². The zero-order valence-electron chi connectivity index (χ0n) is 8.93. The van der Waals surface area contributed by atoms with Crippen LogP contribution in [0.4, 0.5) is 0 Å². The lowest BCUT2D eigenvalue weighted by atomic mass is 10.0. The minimum absolute atomic E-state index is 0.0708. The second-order valence-corrected chi connectivity index (χ2v) is 4.14. The highest BCUT2D eigenvalue weighted by Crippen LogP contribution is 2.25. The maximum Gasteiger partial charge on any atom is 0.268 e. The fourth-order valence-corrected chi connectivity index (χ4v) is 2.24. The highest BCUT2D eigenvalue weighted by Gasteiger charge is 2.50. The van der Waals surface area contributed by atoms with Crippen LogP contribution in [0.2, 0.25) is 0 Å². The van der Waals surface area contributed by atoms with E-state index in [-0.39, 0.29) is 18.2 Å². The average Bonchev–Trinajstić information content (AvgIpc) is 2.37. The molecule has 0 saturated carbocycles. The smallest absolute Gasteiger partial charge is 0.268 e. The van der Waals surface area contributed by atoms with E-state index in [0.29, 0.717) is 0 Å². The van der Waals surface area contributed by atoms with E-state index in [1.54, 1.807) is 0 Å². The number of hydrogen-bond donors (Lipinski definition) is 1. The molecule has 0 aromatic heterocycles. The van der Waals surface area contributed by atoms with E-state index in [2.05, 4.69) is 5.32 Å². The number of amides is 1. The molecule has 2 atom stereocenters. The summed E-state index contributed by atoms with van der Waals surface area (Å²) in [7, 11) is 0. The fourth-order valence-electron chi connectivity index (χ4n) is 2.24. The summed E-state index contributed by atoms with van der Waals surface area (Å²) >= 11 is 0. The number of fused-ring (bicyclic) bond motifs is 1. The van der Waals surface area contributed by atoms with Crippen LogP contribution in [0.15, 0.2) is 30.3 Å². The van der Waals surface area contributed by atoms with Crippen LogP contribution in [0.3, 0.4) is 0 Å². The Morgan fingerprint density at radius 2 is 2.12 bits per heavy atom. The van der Waals surface area contributed by atoms with E-state index in [1.165, 1.54) is 0 Å². The highest BCUT2D eigenvalue weighted by molar-refractivity contribution is 5.88. The topological polar surface area (TPSA) is 41.6 Å². The number of para-hydroxylation sites is 1. The summed E-state index contributed by atoms with van der Waals surface area (Å²) in [5.41, 5.74) is 0. The molecule has 0 spiro atoms.